The molecule has 2 aliphatic carbocycles. The van der Waals surface area contributed by atoms with Crippen molar-refractivity contribution < 1.29 is 4.79 Å². The molecule has 3 aliphatic rings. The SMILES string of the molecule is C=C1C=C(NC(=O)c2cc(C3CC3NC3CCC3)c(C)s2)SC1C. The lowest BCUT2D eigenvalue weighted by Gasteiger charge is -2.26. The number of thioether (sulfide) groups is 1. The Hall–Kier alpha value is -1.04. The first-order valence-electron chi connectivity index (χ1n) is 8.76. The number of thiophene rings is 1. The smallest absolute Gasteiger partial charge is 0.266 e. The minimum atomic E-state index is 0.0131. The zero-order chi connectivity index (χ0) is 16.8. The van der Waals surface area contributed by atoms with Crippen molar-refractivity contribution in [2.75, 3.05) is 0 Å². The van der Waals surface area contributed by atoms with E-state index < -0.39 is 0 Å². The first kappa shape index (κ1) is 16.4. The van der Waals surface area contributed by atoms with Crippen LogP contribution in [0, 0.1) is 6.92 Å². The van der Waals surface area contributed by atoms with Crippen molar-refractivity contribution in [1.82, 2.24) is 10.6 Å². The molecule has 1 aliphatic heterocycles. The van der Waals surface area contributed by atoms with Gasteiger partial charge in [-0.1, -0.05) is 13.0 Å². The predicted octanol–water partition coefficient (Wildman–Crippen LogP) is 4.32. The average molecular weight is 361 g/mol. The van der Waals surface area contributed by atoms with Crippen LogP contribution >= 0.6 is 23.1 Å². The summed E-state index contributed by atoms with van der Waals surface area (Å²) in [6.45, 7) is 8.26. The molecule has 1 aromatic heterocycles. The number of amides is 1. The molecular formula is C19H24N2OS2. The number of hydrogen-bond acceptors (Lipinski definition) is 4. The molecule has 0 aromatic carbocycles. The quantitative estimate of drug-likeness (QED) is 0.822. The summed E-state index contributed by atoms with van der Waals surface area (Å²) in [4.78, 5) is 14.6. The number of carbonyl (C=O) groups is 1. The van der Waals surface area contributed by atoms with Gasteiger partial charge in [-0.05, 0) is 56.4 Å². The number of carbonyl (C=O) groups excluding carboxylic acids is 1. The topological polar surface area (TPSA) is 41.1 Å². The second-order valence-corrected chi connectivity index (χ2v) is 9.80. The average Bonchev–Trinajstić information content (AvgIpc) is 3.04. The molecular weight excluding hydrogens is 336 g/mol. The molecule has 128 valence electrons. The molecule has 2 saturated carbocycles. The van der Waals surface area contributed by atoms with E-state index in [0.717, 1.165) is 21.5 Å². The van der Waals surface area contributed by atoms with Crippen molar-refractivity contribution in [3.05, 3.63) is 44.6 Å². The van der Waals surface area contributed by atoms with Gasteiger partial charge in [0.25, 0.3) is 5.91 Å². The minimum absolute atomic E-state index is 0.0131. The van der Waals surface area contributed by atoms with Crippen molar-refractivity contribution in [1.29, 1.82) is 0 Å². The summed E-state index contributed by atoms with van der Waals surface area (Å²) in [7, 11) is 0. The standard InChI is InChI=1S/C19H24N2OS2/c1-10-7-18(24-11(10)2)21-19(22)17-9-14(12(3)23-17)15-8-16(15)20-13-5-4-6-13/h7,9,11,13,15-16,20H,1,4-6,8H2,2-3H3,(H,21,22). The third-order valence-corrected chi connectivity index (χ3v) is 7.50. The van der Waals surface area contributed by atoms with E-state index in [1.54, 1.807) is 23.1 Å². The third-order valence-electron chi connectivity index (χ3n) is 5.30. The summed E-state index contributed by atoms with van der Waals surface area (Å²) in [5.74, 6) is 0.613. The van der Waals surface area contributed by atoms with E-state index in [1.165, 1.54) is 36.1 Å². The number of allylic oxidation sites excluding steroid dienone is 1. The molecule has 0 bridgehead atoms. The van der Waals surface area contributed by atoms with Crippen molar-refractivity contribution in [3.63, 3.8) is 0 Å². The van der Waals surface area contributed by atoms with Gasteiger partial charge in [0.15, 0.2) is 0 Å². The predicted molar refractivity (Wildman–Crippen MR) is 103 cm³/mol. The maximum atomic E-state index is 12.5. The molecule has 0 radical (unpaired) electrons. The Morgan fingerprint density at radius 1 is 1.38 bits per heavy atom. The van der Waals surface area contributed by atoms with E-state index >= 15 is 0 Å². The number of nitrogens with one attached hydrogen (secondary N) is 2. The first-order valence-corrected chi connectivity index (χ1v) is 10.5. The van der Waals surface area contributed by atoms with Crippen LogP contribution in [0.25, 0.3) is 0 Å². The minimum Gasteiger partial charge on any atom is -0.316 e. The van der Waals surface area contributed by atoms with E-state index in [0.29, 0.717) is 17.2 Å². The monoisotopic (exact) mass is 360 g/mol. The van der Waals surface area contributed by atoms with E-state index in [9.17, 15) is 4.79 Å². The van der Waals surface area contributed by atoms with Crippen molar-refractivity contribution in [3.8, 4) is 0 Å². The molecule has 1 amide bonds. The van der Waals surface area contributed by atoms with Crippen LogP contribution in [0.4, 0.5) is 0 Å². The molecule has 4 rings (SSSR count). The Labute approximate surface area is 152 Å². The highest BCUT2D eigenvalue weighted by Gasteiger charge is 2.41. The van der Waals surface area contributed by atoms with Crippen LogP contribution in [0.2, 0.25) is 0 Å². The highest BCUT2D eigenvalue weighted by molar-refractivity contribution is 8.04. The summed E-state index contributed by atoms with van der Waals surface area (Å²) in [5, 5.41) is 8.06. The number of rotatable bonds is 5. The Morgan fingerprint density at radius 2 is 2.17 bits per heavy atom. The molecule has 1 aromatic rings. The van der Waals surface area contributed by atoms with Crippen LogP contribution in [-0.4, -0.2) is 23.2 Å². The summed E-state index contributed by atoms with van der Waals surface area (Å²) in [5.41, 5.74) is 2.44. The Bertz CT molecular complexity index is 717. The van der Waals surface area contributed by atoms with E-state index in [4.69, 9.17) is 0 Å². The van der Waals surface area contributed by atoms with Gasteiger partial charge < -0.3 is 10.6 Å². The molecule has 3 nitrogen and oxygen atoms in total. The second-order valence-electron chi connectivity index (χ2n) is 7.16. The number of aryl methyl sites for hydroxylation is 1. The van der Waals surface area contributed by atoms with Crippen LogP contribution in [0.3, 0.4) is 0 Å². The van der Waals surface area contributed by atoms with Crippen LogP contribution in [0.15, 0.2) is 29.3 Å². The molecule has 24 heavy (non-hydrogen) atoms. The lowest BCUT2D eigenvalue weighted by Crippen LogP contribution is -2.37. The molecule has 5 heteroatoms. The van der Waals surface area contributed by atoms with Crippen molar-refractivity contribution >= 4 is 29.0 Å². The maximum absolute atomic E-state index is 12.5. The summed E-state index contributed by atoms with van der Waals surface area (Å²) in [6.07, 6.45) is 7.23. The summed E-state index contributed by atoms with van der Waals surface area (Å²) in [6, 6.07) is 3.47. The van der Waals surface area contributed by atoms with Gasteiger partial charge in [0.2, 0.25) is 0 Å². The van der Waals surface area contributed by atoms with Gasteiger partial charge in [-0.15, -0.1) is 23.1 Å². The molecule has 2 heterocycles. The normalized spacial score (nSPS) is 29.3. The second kappa shape index (κ2) is 6.36. The highest BCUT2D eigenvalue weighted by atomic mass is 32.2. The van der Waals surface area contributed by atoms with Crippen molar-refractivity contribution in [2.45, 2.75) is 62.8 Å². The lowest BCUT2D eigenvalue weighted by atomic mass is 9.93. The zero-order valence-electron chi connectivity index (χ0n) is 14.2. The van der Waals surface area contributed by atoms with Gasteiger partial charge in [-0.25, -0.2) is 0 Å². The Kier molecular flexibility index (Phi) is 4.35. The largest absolute Gasteiger partial charge is 0.316 e. The summed E-state index contributed by atoms with van der Waals surface area (Å²) >= 11 is 3.28. The van der Waals surface area contributed by atoms with Crippen molar-refractivity contribution in [2.24, 2.45) is 0 Å². The van der Waals surface area contributed by atoms with E-state index in [-0.39, 0.29) is 5.91 Å². The molecule has 2 fully saturated rings. The Morgan fingerprint density at radius 3 is 2.79 bits per heavy atom. The van der Waals surface area contributed by atoms with Gasteiger partial charge in [0.1, 0.15) is 0 Å². The van der Waals surface area contributed by atoms with Crippen LogP contribution in [0.5, 0.6) is 0 Å². The fraction of sp³-hybridized carbons (Fsp3) is 0.526. The maximum Gasteiger partial charge on any atom is 0.266 e. The van der Waals surface area contributed by atoms with Crippen LogP contribution < -0.4 is 10.6 Å². The van der Waals surface area contributed by atoms with Gasteiger partial charge in [0, 0.05) is 28.1 Å². The first-order chi connectivity index (χ1) is 11.5. The van der Waals surface area contributed by atoms with Gasteiger partial charge in [-0.2, -0.15) is 0 Å². The van der Waals surface area contributed by atoms with Crippen LogP contribution in [0.1, 0.15) is 58.6 Å². The molecule has 0 spiro atoms. The third kappa shape index (κ3) is 3.22. The van der Waals surface area contributed by atoms with E-state index in [2.05, 4.69) is 37.1 Å². The molecule has 2 N–H and O–H groups in total. The lowest BCUT2D eigenvalue weighted by molar-refractivity contribution is 0.0973. The van der Waals surface area contributed by atoms with E-state index in [1.807, 2.05) is 6.08 Å². The number of hydrogen-bond donors (Lipinski definition) is 2. The molecule has 3 atom stereocenters. The zero-order valence-corrected chi connectivity index (χ0v) is 15.9. The summed E-state index contributed by atoms with van der Waals surface area (Å²) < 4.78 is 0. The molecule has 3 unspecified atom stereocenters. The fourth-order valence-electron chi connectivity index (χ4n) is 3.40. The van der Waals surface area contributed by atoms with Crippen LogP contribution in [-0.2, 0) is 0 Å². The van der Waals surface area contributed by atoms with Gasteiger partial charge in [-0.3, -0.25) is 4.79 Å². The molecule has 0 saturated heterocycles. The van der Waals surface area contributed by atoms with Gasteiger partial charge in [0.05, 0.1) is 9.91 Å². The highest BCUT2D eigenvalue weighted by Crippen LogP contribution is 2.45. The van der Waals surface area contributed by atoms with Gasteiger partial charge >= 0.3 is 0 Å². The fourth-order valence-corrected chi connectivity index (χ4v) is 5.36. The Balaban J connectivity index is 1.39.